The maximum atomic E-state index is 13.6. The van der Waals surface area contributed by atoms with Crippen molar-refractivity contribution in [2.45, 2.75) is 25.8 Å². The predicted molar refractivity (Wildman–Crippen MR) is 118 cm³/mol. The van der Waals surface area contributed by atoms with Gasteiger partial charge in [-0.1, -0.05) is 24.3 Å². The van der Waals surface area contributed by atoms with Crippen LogP contribution in [0.25, 0.3) is 0 Å². The molecule has 6 nitrogen and oxygen atoms in total. The van der Waals surface area contributed by atoms with E-state index in [2.05, 4.69) is 15.6 Å². The Morgan fingerprint density at radius 1 is 0.969 bits per heavy atom. The van der Waals surface area contributed by atoms with Crippen molar-refractivity contribution in [1.29, 1.82) is 0 Å². The molecule has 3 amide bonds. The number of urea groups is 1. The number of para-hydroxylation sites is 2. The lowest BCUT2D eigenvalue weighted by Crippen LogP contribution is -2.32. The fourth-order valence-corrected chi connectivity index (χ4v) is 3.66. The minimum Gasteiger partial charge on any atom is -0.332 e. The number of anilines is 2. The SMILES string of the molecule is O=C(NCc1ccc(C(=O)N2CCCCc3ccccc32)cn1)Nc1c(F)cccc1F. The van der Waals surface area contributed by atoms with Crippen molar-refractivity contribution in [2.24, 2.45) is 0 Å². The minimum absolute atomic E-state index is 0.0307. The molecule has 0 saturated heterocycles. The summed E-state index contributed by atoms with van der Waals surface area (Å²) in [5, 5.41) is 4.64. The number of aromatic nitrogens is 1. The second-order valence-corrected chi connectivity index (χ2v) is 7.49. The normalized spacial score (nSPS) is 13.1. The number of hydrogen-bond acceptors (Lipinski definition) is 3. The van der Waals surface area contributed by atoms with Gasteiger partial charge >= 0.3 is 6.03 Å². The number of halogens is 2. The second kappa shape index (κ2) is 9.55. The van der Waals surface area contributed by atoms with Crippen molar-refractivity contribution in [2.75, 3.05) is 16.8 Å². The van der Waals surface area contributed by atoms with Crippen LogP contribution in [0, 0.1) is 11.6 Å². The van der Waals surface area contributed by atoms with E-state index in [0.29, 0.717) is 17.8 Å². The molecule has 0 spiro atoms. The van der Waals surface area contributed by atoms with Crippen molar-refractivity contribution in [3.8, 4) is 0 Å². The van der Waals surface area contributed by atoms with Crippen molar-refractivity contribution in [3.05, 3.63) is 89.2 Å². The maximum Gasteiger partial charge on any atom is 0.319 e. The van der Waals surface area contributed by atoms with Gasteiger partial charge in [0.2, 0.25) is 0 Å². The Hall–Kier alpha value is -3.81. The molecule has 0 unspecified atom stereocenters. The highest BCUT2D eigenvalue weighted by atomic mass is 19.1. The van der Waals surface area contributed by atoms with Crippen LogP contribution in [0.15, 0.2) is 60.8 Å². The van der Waals surface area contributed by atoms with Gasteiger partial charge in [0.05, 0.1) is 17.8 Å². The van der Waals surface area contributed by atoms with Crippen LogP contribution in [-0.4, -0.2) is 23.5 Å². The molecule has 0 radical (unpaired) electrons. The number of nitrogens with one attached hydrogen (secondary N) is 2. The third kappa shape index (κ3) is 4.74. The van der Waals surface area contributed by atoms with Gasteiger partial charge in [-0.2, -0.15) is 0 Å². The zero-order valence-electron chi connectivity index (χ0n) is 17.3. The number of carbonyl (C=O) groups is 2. The molecular formula is C24H22F2N4O2. The zero-order valence-corrected chi connectivity index (χ0v) is 17.3. The van der Waals surface area contributed by atoms with E-state index in [4.69, 9.17) is 0 Å². The van der Waals surface area contributed by atoms with Gasteiger partial charge in [0.15, 0.2) is 0 Å². The van der Waals surface area contributed by atoms with E-state index in [1.54, 1.807) is 17.0 Å². The molecule has 1 aromatic heterocycles. The lowest BCUT2D eigenvalue weighted by Gasteiger charge is -2.23. The smallest absolute Gasteiger partial charge is 0.319 e. The summed E-state index contributed by atoms with van der Waals surface area (Å²) in [6, 6.07) is 13.8. The Kier molecular flexibility index (Phi) is 6.39. The fourth-order valence-electron chi connectivity index (χ4n) is 3.66. The summed E-state index contributed by atoms with van der Waals surface area (Å²) in [5.41, 5.74) is 2.52. The molecule has 1 aliphatic heterocycles. The van der Waals surface area contributed by atoms with Gasteiger partial charge in [-0.3, -0.25) is 9.78 Å². The van der Waals surface area contributed by atoms with Gasteiger partial charge in [0.25, 0.3) is 5.91 Å². The first kappa shape index (κ1) is 21.4. The molecule has 3 aromatic rings. The molecule has 164 valence electrons. The molecule has 0 bridgehead atoms. The monoisotopic (exact) mass is 436 g/mol. The first-order valence-electron chi connectivity index (χ1n) is 10.4. The van der Waals surface area contributed by atoms with Crippen LogP contribution < -0.4 is 15.5 Å². The predicted octanol–water partition coefficient (Wildman–Crippen LogP) is 4.66. The molecule has 1 aliphatic rings. The summed E-state index contributed by atoms with van der Waals surface area (Å²) in [7, 11) is 0. The number of rotatable bonds is 4. The van der Waals surface area contributed by atoms with Crippen LogP contribution in [0.5, 0.6) is 0 Å². The first-order chi connectivity index (χ1) is 15.5. The number of carbonyl (C=O) groups excluding carboxylic acids is 2. The van der Waals surface area contributed by atoms with Crippen molar-refractivity contribution in [1.82, 2.24) is 10.3 Å². The van der Waals surface area contributed by atoms with E-state index in [0.717, 1.165) is 42.6 Å². The Labute approximate surface area is 184 Å². The molecule has 8 heteroatoms. The third-order valence-corrected chi connectivity index (χ3v) is 5.31. The lowest BCUT2D eigenvalue weighted by atomic mass is 10.1. The number of pyridine rings is 1. The van der Waals surface area contributed by atoms with E-state index in [1.165, 1.54) is 12.3 Å². The Morgan fingerprint density at radius 3 is 2.50 bits per heavy atom. The van der Waals surface area contributed by atoms with E-state index >= 15 is 0 Å². The summed E-state index contributed by atoms with van der Waals surface area (Å²) in [6.45, 7) is 0.675. The summed E-state index contributed by atoms with van der Waals surface area (Å²) >= 11 is 0. The highest BCUT2D eigenvalue weighted by molar-refractivity contribution is 6.06. The standard InChI is InChI=1S/C24H22F2N4O2/c25-19-8-5-9-20(26)22(19)29-24(32)28-15-18-12-11-17(14-27-18)23(31)30-13-4-3-7-16-6-1-2-10-21(16)30/h1-2,5-6,8-12,14H,3-4,7,13,15H2,(H2,28,29,32). The van der Waals surface area contributed by atoms with Crippen LogP contribution in [0.1, 0.15) is 34.5 Å². The number of amides is 3. The topological polar surface area (TPSA) is 74.3 Å². The van der Waals surface area contributed by atoms with Crippen molar-refractivity contribution < 1.29 is 18.4 Å². The highest BCUT2D eigenvalue weighted by Crippen LogP contribution is 2.27. The number of fused-ring (bicyclic) bond motifs is 1. The van der Waals surface area contributed by atoms with Crippen molar-refractivity contribution in [3.63, 3.8) is 0 Å². The van der Waals surface area contributed by atoms with E-state index in [1.807, 2.05) is 24.3 Å². The molecule has 2 aromatic carbocycles. The quantitative estimate of drug-likeness (QED) is 0.625. The Bertz CT molecular complexity index is 1110. The molecular weight excluding hydrogens is 414 g/mol. The third-order valence-electron chi connectivity index (χ3n) is 5.31. The molecule has 0 aliphatic carbocycles. The van der Waals surface area contributed by atoms with E-state index in [-0.39, 0.29) is 12.5 Å². The van der Waals surface area contributed by atoms with E-state index < -0.39 is 23.4 Å². The fraction of sp³-hybridized carbons (Fsp3) is 0.208. The van der Waals surface area contributed by atoms with Gasteiger partial charge in [0, 0.05) is 18.4 Å². The summed E-state index contributed by atoms with van der Waals surface area (Å²) in [6.07, 6.45) is 4.37. The van der Waals surface area contributed by atoms with Gasteiger partial charge in [-0.05, 0) is 55.2 Å². The molecule has 2 heterocycles. The van der Waals surface area contributed by atoms with Crippen LogP contribution >= 0.6 is 0 Å². The molecule has 4 rings (SSSR count). The Balaban J connectivity index is 1.39. The molecule has 0 fully saturated rings. The molecule has 2 N–H and O–H groups in total. The first-order valence-corrected chi connectivity index (χ1v) is 10.4. The van der Waals surface area contributed by atoms with Gasteiger partial charge < -0.3 is 15.5 Å². The van der Waals surface area contributed by atoms with E-state index in [9.17, 15) is 18.4 Å². The maximum absolute atomic E-state index is 13.6. The molecule has 32 heavy (non-hydrogen) atoms. The number of benzene rings is 2. The average molecular weight is 436 g/mol. The summed E-state index contributed by atoms with van der Waals surface area (Å²) < 4.78 is 27.3. The van der Waals surface area contributed by atoms with Crippen LogP contribution in [0.2, 0.25) is 0 Å². The van der Waals surface area contributed by atoms with Gasteiger partial charge in [0.1, 0.15) is 17.3 Å². The summed E-state index contributed by atoms with van der Waals surface area (Å²) in [4.78, 5) is 31.1. The largest absolute Gasteiger partial charge is 0.332 e. The van der Waals surface area contributed by atoms with Crippen LogP contribution in [-0.2, 0) is 13.0 Å². The number of nitrogens with zero attached hydrogens (tertiary/aromatic N) is 2. The zero-order chi connectivity index (χ0) is 22.5. The van der Waals surface area contributed by atoms with Gasteiger partial charge in [-0.15, -0.1) is 0 Å². The molecule has 0 atom stereocenters. The summed E-state index contributed by atoms with van der Waals surface area (Å²) in [5.74, 6) is -1.86. The number of aryl methyl sites for hydroxylation is 1. The van der Waals surface area contributed by atoms with Gasteiger partial charge in [-0.25, -0.2) is 13.6 Å². The Morgan fingerprint density at radius 2 is 1.75 bits per heavy atom. The highest BCUT2D eigenvalue weighted by Gasteiger charge is 2.22. The minimum atomic E-state index is -0.865. The second-order valence-electron chi connectivity index (χ2n) is 7.49. The molecule has 0 saturated carbocycles. The van der Waals surface area contributed by atoms with Crippen LogP contribution in [0.3, 0.4) is 0 Å². The average Bonchev–Trinajstić information content (AvgIpc) is 3.03. The van der Waals surface area contributed by atoms with Crippen molar-refractivity contribution >= 4 is 23.3 Å². The van der Waals surface area contributed by atoms with Crippen LogP contribution in [0.4, 0.5) is 25.0 Å². The number of hydrogen-bond donors (Lipinski definition) is 2. The lowest BCUT2D eigenvalue weighted by molar-refractivity contribution is 0.0986.